The first-order valence-corrected chi connectivity index (χ1v) is 6.99. The monoisotopic (exact) mass is 349 g/mol. The second kappa shape index (κ2) is 6.94. The highest BCUT2D eigenvalue weighted by Gasteiger charge is 2.10. The fourth-order valence-electron chi connectivity index (χ4n) is 1.74. The van der Waals surface area contributed by atoms with Crippen LogP contribution in [-0.2, 0) is 6.42 Å². The molecule has 1 amide bonds. The van der Waals surface area contributed by atoms with Crippen molar-refractivity contribution >= 4 is 27.5 Å². The van der Waals surface area contributed by atoms with Gasteiger partial charge >= 0.3 is 0 Å². The second-order valence-corrected chi connectivity index (χ2v) is 5.12. The van der Waals surface area contributed by atoms with Gasteiger partial charge in [0.1, 0.15) is 5.69 Å². The number of non-ortho nitro benzene ring substituents is 1. The Morgan fingerprint density at radius 1 is 1.29 bits per heavy atom. The summed E-state index contributed by atoms with van der Waals surface area (Å²) < 4.78 is 0.637. The normalized spacial score (nSPS) is 10.1. The third-order valence-corrected chi connectivity index (χ3v) is 3.46. The number of aromatic nitrogens is 1. The quantitative estimate of drug-likeness (QED) is 0.664. The lowest BCUT2D eigenvalue weighted by Crippen LogP contribution is -2.26. The van der Waals surface area contributed by atoms with E-state index in [2.05, 4.69) is 26.2 Å². The van der Waals surface area contributed by atoms with Gasteiger partial charge < -0.3 is 5.32 Å². The molecule has 1 heterocycles. The lowest BCUT2D eigenvalue weighted by Gasteiger charge is -2.06. The van der Waals surface area contributed by atoms with Crippen LogP contribution in [0.2, 0.25) is 0 Å². The van der Waals surface area contributed by atoms with Crippen molar-refractivity contribution in [3.05, 3.63) is 68.4 Å². The van der Waals surface area contributed by atoms with E-state index < -0.39 is 4.92 Å². The van der Waals surface area contributed by atoms with Gasteiger partial charge in [-0.3, -0.25) is 14.9 Å². The van der Waals surface area contributed by atoms with E-state index in [1.54, 1.807) is 30.5 Å². The van der Waals surface area contributed by atoms with Crippen LogP contribution in [0.4, 0.5) is 5.69 Å². The molecule has 0 aliphatic rings. The van der Waals surface area contributed by atoms with Crippen LogP contribution in [0.5, 0.6) is 0 Å². The van der Waals surface area contributed by atoms with Gasteiger partial charge in [0.15, 0.2) is 0 Å². The summed E-state index contributed by atoms with van der Waals surface area (Å²) in [5, 5.41) is 13.3. The fourth-order valence-corrected chi connectivity index (χ4v) is 2.18. The number of hydrogen-bond donors (Lipinski definition) is 1. The Bertz CT molecular complexity index is 659. The van der Waals surface area contributed by atoms with E-state index >= 15 is 0 Å². The molecule has 1 aromatic heterocycles. The minimum absolute atomic E-state index is 0.0557. The molecule has 2 aromatic rings. The zero-order valence-electron chi connectivity index (χ0n) is 11.0. The van der Waals surface area contributed by atoms with Gasteiger partial charge in [0.2, 0.25) is 0 Å². The summed E-state index contributed by atoms with van der Waals surface area (Å²) in [6, 6.07) is 9.75. The molecule has 0 saturated heterocycles. The van der Waals surface area contributed by atoms with E-state index in [1.807, 2.05) is 0 Å². The van der Waals surface area contributed by atoms with Gasteiger partial charge in [-0.25, -0.2) is 4.98 Å². The number of pyridine rings is 1. The van der Waals surface area contributed by atoms with E-state index in [9.17, 15) is 14.9 Å². The van der Waals surface area contributed by atoms with E-state index in [4.69, 9.17) is 0 Å². The molecule has 0 radical (unpaired) electrons. The molecule has 0 aliphatic carbocycles. The van der Waals surface area contributed by atoms with Crippen molar-refractivity contribution in [3.8, 4) is 0 Å². The second-order valence-electron chi connectivity index (χ2n) is 4.26. The highest BCUT2D eigenvalue weighted by Crippen LogP contribution is 2.13. The smallest absolute Gasteiger partial charge is 0.271 e. The first-order chi connectivity index (χ1) is 10.1. The zero-order valence-corrected chi connectivity index (χ0v) is 12.5. The van der Waals surface area contributed by atoms with Crippen molar-refractivity contribution in [1.82, 2.24) is 10.3 Å². The average molecular weight is 350 g/mol. The van der Waals surface area contributed by atoms with Gasteiger partial charge in [-0.15, -0.1) is 0 Å². The predicted octanol–water partition coefficient (Wildman–Crippen LogP) is 2.72. The Hall–Kier alpha value is -2.28. The molecule has 0 saturated carbocycles. The van der Waals surface area contributed by atoms with Crippen LogP contribution >= 0.6 is 15.9 Å². The molecule has 1 aromatic carbocycles. The van der Waals surface area contributed by atoms with E-state index in [-0.39, 0.29) is 11.6 Å². The molecule has 0 unspecified atom stereocenters. The van der Waals surface area contributed by atoms with Crippen molar-refractivity contribution in [2.75, 3.05) is 6.54 Å². The summed E-state index contributed by atoms with van der Waals surface area (Å²) in [6.45, 7) is 0.430. The van der Waals surface area contributed by atoms with Crippen LogP contribution in [-0.4, -0.2) is 22.4 Å². The maximum Gasteiger partial charge on any atom is 0.271 e. The molecule has 21 heavy (non-hydrogen) atoms. The number of halogens is 1. The molecule has 1 N–H and O–H groups in total. The van der Waals surface area contributed by atoms with Crippen LogP contribution < -0.4 is 5.32 Å². The largest absolute Gasteiger partial charge is 0.350 e. The number of carbonyl (C=O) groups is 1. The van der Waals surface area contributed by atoms with Crippen molar-refractivity contribution in [2.24, 2.45) is 0 Å². The third kappa shape index (κ3) is 4.09. The maximum absolute atomic E-state index is 11.9. The number of amides is 1. The van der Waals surface area contributed by atoms with Crippen LogP contribution in [0.25, 0.3) is 0 Å². The average Bonchev–Trinajstić information content (AvgIpc) is 2.48. The molecule has 0 aliphatic heterocycles. The van der Waals surface area contributed by atoms with Gasteiger partial charge in [0, 0.05) is 29.3 Å². The van der Waals surface area contributed by atoms with Crippen molar-refractivity contribution in [2.45, 2.75) is 6.42 Å². The van der Waals surface area contributed by atoms with Gasteiger partial charge in [-0.05, 0) is 40.0 Å². The third-order valence-electron chi connectivity index (χ3n) is 2.82. The molecule has 7 heteroatoms. The number of carbonyl (C=O) groups excluding carboxylic acids is 1. The topological polar surface area (TPSA) is 85.1 Å². The molecule has 2 rings (SSSR count). The van der Waals surface area contributed by atoms with Crippen LogP contribution in [0.15, 0.2) is 47.1 Å². The summed E-state index contributed by atoms with van der Waals surface area (Å²) in [6.07, 6.45) is 2.14. The number of rotatable bonds is 5. The van der Waals surface area contributed by atoms with E-state index in [0.717, 1.165) is 5.56 Å². The number of nitrogens with one attached hydrogen (secondary N) is 1. The van der Waals surface area contributed by atoms with Gasteiger partial charge in [-0.2, -0.15) is 0 Å². The Kier molecular flexibility index (Phi) is 4.99. The minimum Gasteiger partial charge on any atom is -0.350 e. The van der Waals surface area contributed by atoms with Gasteiger partial charge in [0.05, 0.1) is 4.92 Å². The van der Waals surface area contributed by atoms with Crippen LogP contribution in [0.1, 0.15) is 16.1 Å². The highest BCUT2D eigenvalue weighted by molar-refractivity contribution is 9.10. The van der Waals surface area contributed by atoms with Gasteiger partial charge in [0.25, 0.3) is 11.6 Å². The van der Waals surface area contributed by atoms with Crippen molar-refractivity contribution in [3.63, 3.8) is 0 Å². The minimum atomic E-state index is -0.440. The molecular weight excluding hydrogens is 338 g/mol. The SMILES string of the molecule is O=C(NCCc1ccc([N+](=O)[O-])cc1)c1ncccc1Br. The van der Waals surface area contributed by atoms with Crippen molar-refractivity contribution < 1.29 is 9.72 Å². The van der Waals surface area contributed by atoms with Crippen molar-refractivity contribution in [1.29, 1.82) is 0 Å². The Labute approximate surface area is 129 Å². The molecule has 0 fully saturated rings. The molecule has 108 valence electrons. The Balaban J connectivity index is 1.88. The number of nitrogens with zero attached hydrogens (tertiary/aromatic N) is 2. The summed E-state index contributed by atoms with van der Waals surface area (Å²) >= 11 is 3.27. The standard InChI is InChI=1S/C14H12BrN3O3/c15-12-2-1-8-16-13(12)14(19)17-9-7-10-3-5-11(6-4-10)18(20)21/h1-6,8H,7,9H2,(H,17,19). The van der Waals surface area contributed by atoms with Crippen LogP contribution in [0.3, 0.4) is 0 Å². The van der Waals surface area contributed by atoms with E-state index in [1.165, 1.54) is 12.1 Å². The first kappa shape index (κ1) is 15.1. The lowest BCUT2D eigenvalue weighted by molar-refractivity contribution is -0.384. The number of hydrogen-bond acceptors (Lipinski definition) is 4. The highest BCUT2D eigenvalue weighted by atomic mass is 79.9. The van der Waals surface area contributed by atoms with Gasteiger partial charge in [-0.1, -0.05) is 12.1 Å². The summed E-state index contributed by atoms with van der Waals surface area (Å²) in [4.78, 5) is 26.0. The Morgan fingerprint density at radius 2 is 2.00 bits per heavy atom. The van der Waals surface area contributed by atoms with Crippen LogP contribution in [0, 0.1) is 10.1 Å². The number of benzene rings is 1. The Morgan fingerprint density at radius 3 is 2.62 bits per heavy atom. The fraction of sp³-hybridized carbons (Fsp3) is 0.143. The molecular formula is C14H12BrN3O3. The zero-order chi connectivity index (χ0) is 15.2. The first-order valence-electron chi connectivity index (χ1n) is 6.20. The molecule has 0 spiro atoms. The summed E-state index contributed by atoms with van der Waals surface area (Å²) in [5.41, 5.74) is 1.31. The summed E-state index contributed by atoms with van der Waals surface area (Å²) in [7, 11) is 0. The lowest BCUT2D eigenvalue weighted by atomic mass is 10.1. The molecule has 0 atom stereocenters. The molecule has 6 nitrogen and oxygen atoms in total. The number of nitro groups is 1. The molecule has 0 bridgehead atoms. The maximum atomic E-state index is 11.9. The summed E-state index contributed by atoms with van der Waals surface area (Å²) in [5.74, 6) is -0.260. The number of nitro benzene ring substituents is 1. The van der Waals surface area contributed by atoms with E-state index in [0.29, 0.717) is 23.1 Å². The predicted molar refractivity (Wildman–Crippen MR) is 81.1 cm³/mol.